The highest BCUT2D eigenvalue weighted by molar-refractivity contribution is 7.22. The molecule has 0 spiro atoms. The molecule has 0 aliphatic heterocycles. The first-order chi connectivity index (χ1) is 13.0. The predicted octanol–water partition coefficient (Wildman–Crippen LogP) is 2.90. The summed E-state index contributed by atoms with van der Waals surface area (Å²) < 4.78 is 0.935. The van der Waals surface area contributed by atoms with Crippen molar-refractivity contribution >= 4 is 44.0 Å². The molecule has 0 aliphatic rings. The van der Waals surface area contributed by atoms with Crippen LogP contribution in [0.25, 0.3) is 10.2 Å². The van der Waals surface area contributed by atoms with Gasteiger partial charge >= 0.3 is 5.69 Å². The molecule has 0 saturated heterocycles. The zero-order chi connectivity index (χ0) is 19.4. The zero-order valence-electron chi connectivity index (χ0n) is 14.1. The van der Waals surface area contributed by atoms with E-state index in [0.717, 1.165) is 22.1 Å². The van der Waals surface area contributed by atoms with Gasteiger partial charge in [-0.3, -0.25) is 10.1 Å². The second-order valence-electron chi connectivity index (χ2n) is 5.44. The predicted molar refractivity (Wildman–Crippen MR) is 99.8 cm³/mol. The smallest absolute Gasteiger partial charge is 0.324 e. The molecule has 27 heavy (non-hydrogen) atoms. The molecule has 2 aromatic heterocycles. The second-order valence-corrected chi connectivity index (χ2v) is 6.47. The Morgan fingerprint density at radius 1 is 1.30 bits per heavy atom. The third-order valence-corrected chi connectivity index (χ3v) is 4.51. The topological polar surface area (TPSA) is 145 Å². The fraction of sp³-hybridized carbons (Fsp3) is 0.188. The molecule has 0 radical (unpaired) electrons. The van der Waals surface area contributed by atoms with Gasteiger partial charge in [-0.2, -0.15) is 10.5 Å². The van der Waals surface area contributed by atoms with Gasteiger partial charge in [-0.05, 0) is 24.6 Å². The van der Waals surface area contributed by atoms with Gasteiger partial charge in [-0.25, -0.2) is 15.0 Å². The first-order valence-electron chi connectivity index (χ1n) is 7.66. The molecule has 3 rings (SSSR count). The van der Waals surface area contributed by atoms with Crippen LogP contribution in [0.15, 0.2) is 24.5 Å². The van der Waals surface area contributed by atoms with E-state index in [1.54, 1.807) is 0 Å². The van der Waals surface area contributed by atoms with Crippen LogP contribution in [0.1, 0.15) is 5.56 Å². The van der Waals surface area contributed by atoms with Gasteiger partial charge in [-0.15, -0.1) is 0 Å². The number of hydrogen-bond acceptors (Lipinski definition) is 10. The molecule has 0 fully saturated rings. The number of rotatable bonds is 6. The summed E-state index contributed by atoms with van der Waals surface area (Å²) in [7, 11) is 0. The Hall–Kier alpha value is -3.83. The molecule has 1 N–H and O–H groups in total. The minimum absolute atomic E-state index is 0.0540. The van der Waals surface area contributed by atoms with Crippen molar-refractivity contribution in [3.8, 4) is 12.1 Å². The standard InChI is InChI=1S/C16H12N8O2S/c1-10-2-3-11-12(8-10)27-16(21-11)22-14-13(24(25)26)15(20-9-19-14)23(6-4-17)7-5-18/h2-3,8-9H,6-7H2,1H3,(H,19,20,21,22). The number of nitrogens with one attached hydrogen (secondary N) is 1. The minimum atomic E-state index is -0.642. The van der Waals surface area contributed by atoms with Crippen molar-refractivity contribution < 1.29 is 4.92 Å². The molecule has 10 nitrogen and oxygen atoms in total. The van der Waals surface area contributed by atoms with Crippen molar-refractivity contribution in [3.63, 3.8) is 0 Å². The van der Waals surface area contributed by atoms with E-state index in [9.17, 15) is 10.1 Å². The first-order valence-corrected chi connectivity index (χ1v) is 8.47. The number of hydrogen-bond donors (Lipinski definition) is 1. The highest BCUT2D eigenvalue weighted by atomic mass is 32.1. The number of fused-ring (bicyclic) bond motifs is 1. The first kappa shape index (κ1) is 18.0. The molecule has 0 unspecified atom stereocenters. The molecule has 134 valence electrons. The fourth-order valence-corrected chi connectivity index (χ4v) is 3.39. The van der Waals surface area contributed by atoms with E-state index in [0.29, 0.717) is 5.13 Å². The lowest BCUT2D eigenvalue weighted by Crippen LogP contribution is -2.26. The third kappa shape index (κ3) is 3.73. The SMILES string of the molecule is Cc1ccc2nc(Nc3ncnc(N(CC#N)CC#N)c3[N+](=O)[O-])sc2c1. The van der Waals surface area contributed by atoms with E-state index in [-0.39, 0.29) is 24.7 Å². The summed E-state index contributed by atoms with van der Waals surface area (Å²) in [6.07, 6.45) is 1.14. The van der Waals surface area contributed by atoms with Gasteiger partial charge < -0.3 is 10.2 Å². The number of thiazole rings is 1. The van der Waals surface area contributed by atoms with E-state index < -0.39 is 10.6 Å². The number of nitriles is 2. The van der Waals surface area contributed by atoms with Crippen LogP contribution in [0.5, 0.6) is 0 Å². The largest absolute Gasteiger partial charge is 0.353 e. The van der Waals surface area contributed by atoms with E-state index in [1.165, 1.54) is 16.2 Å². The lowest BCUT2D eigenvalue weighted by atomic mass is 10.2. The Morgan fingerprint density at radius 2 is 2.04 bits per heavy atom. The summed E-state index contributed by atoms with van der Waals surface area (Å²) in [5, 5.41) is 32.8. The highest BCUT2D eigenvalue weighted by Gasteiger charge is 2.27. The van der Waals surface area contributed by atoms with Crippen molar-refractivity contribution in [1.29, 1.82) is 10.5 Å². The Bertz CT molecular complexity index is 1080. The molecule has 1 aromatic carbocycles. The van der Waals surface area contributed by atoms with Crippen LogP contribution in [0.4, 0.5) is 22.5 Å². The lowest BCUT2D eigenvalue weighted by molar-refractivity contribution is -0.383. The molecule has 3 aromatic rings. The third-order valence-electron chi connectivity index (χ3n) is 3.58. The fourth-order valence-electron chi connectivity index (χ4n) is 2.42. The Labute approximate surface area is 157 Å². The summed E-state index contributed by atoms with van der Waals surface area (Å²) in [4.78, 5) is 24.5. The maximum atomic E-state index is 11.6. The molecule has 0 atom stereocenters. The summed E-state index contributed by atoms with van der Waals surface area (Å²) in [5.41, 5.74) is 1.43. The van der Waals surface area contributed by atoms with Gasteiger partial charge in [0.1, 0.15) is 19.4 Å². The lowest BCUT2D eigenvalue weighted by Gasteiger charge is -2.17. The average Bonchev–Trinajstić information content (AvgIpc) is 3.02. The van der Waals surface area contributed by atoms with E-state index in [4.69, 9.17) is 10.5 Å². The monoisotopic (exact) mass is 380 g/mol. The Morgan fingerprint density at radius 3 is 2.70 bits per heavy atom. The van der Waals surface area contributed by atoms with Crippen LogP contribution >= 0.6 is 11.3 Å². The Balaban J connectivity index is 2.04. The van der Waals surface area contributed by atoms with Crippen molar-refractivity contribution in [1.82, 2.24) is 15.0 Å². The van der Waals surface area contributed by atoms with Gasteiger partial charge in [-0.1, -0.05) is 17.4 Å². The maximum Gasteiger partial charge on any atom is 0.353 e. The van der Waals surface area contributed by atoms with Crippen molar-refractivity contribution in [3.05, 3.63) is 40.2 Å². The van der Waals surface area contributed by atoms with E-state index in [1.807, 2.05) is 37.3 Å². The number of nitrogens with zero attached hydrogens (tertiary/aromatic N) is 7. The molecule has 0 bridgehead atoms. The number of aromatic nitrogens is 3. The maximum absolute atomic E-state index is 11.6. The van der Waals surface area contributed by atoms with Crippen LogP contribution in [-0.2, 0) is 0 Å². The molecule has 0 saturated carbocycles. The number of benzene rings is 1. The quantitative estimate of drug-likeness (QED) is 0.387. The summed E-state index contributed by atoms with van der Waals surface area (Å²) in [5.74, 6) is -0.154. The average molecular weight is 380 g/mol. The highest BCUT2D eigenvalue weighted by Crippen LogP contribution is 2.35. The Kier molecular flexibility index (Phi) is 5.06. The van der Waals surface area contributed by atoms with Crippen molar-refractivity contribution in [2.75, 3.05) is 23.3 Å². The van der Waals surface area contributed by atoms with Gasteiger partial charge in [0, 0.05) is 0 Å². The van der Waals surface area contributed by atoms with Crippen LogP contribution in [0, 0.1) is 39.7 Å². The van der Waals surface area contributed by atoms with Crippen molar-refractivity contribution in [2.24, 2.45) is 0 Å². The van der Waals surface area contributed by atoms with Crippen molar-refractivity contribution in [2.45, 2.75) is 6.92 Å². The minimum Gasteiger partial charge on any atom is -0.324 e. The van der Waals surface area contributed by atoms with E-state index >= 15 is 0 Å². The second kappa shape index (κ2) is 7.59. The number of anilines is 3. The van der Waals surface area contributed by atoms with Gasteiger partial charge in [0.25, 0.3) is 0 Å². The molecule has 0 aliphatic carbocycles. The molecule has 2 heterocycles. The zero-order valence-corrected chi connectivity index (χ0v) is 14.9. The van der Waals surface area contributed by atoms with E-state index in [2.05, 4.69) is 20.3 Å². The molecular weight excluding hydrogens is 368 g/mol. The molecule has 11 heteroatoms. The summed E-state index contributed by atoms with van der Waals surface area (Å²) in [6, 6.07) is 9.51. The molecule has 0 amide bonds. The van der Waals surface area contributed by atoms with Gasteiger partial charge in [0.15, 0.2) is 5.13 Å². The number of aryl methyl sites for hydroxylation is 1. The summed E-state index contributed by atoms with van der Waals surface area (Å²) in [6.45, 7) is 1.53. The van der Waals surface area contributed by atoms with Gasteiger partial charge in [0.2, 0.25) is 11.6 Å². The van der Waals surface area contributed by atoms with Gasteiger partial charge in [0.05, 0.1) is 27.3 Å². The summed E-state index contributed by atoms with van der Waals surface area (Å²) >= 11 is 1.34. The van der Waals surface area contributed by atoms with Crippen LogP contribution < -0.4 is 10.2 Å². The normalized spacial score (nSPS) is 10.2. The molecular formula is C16H12N8O2S. The van der Waals surface area contributed by atoms with Crippen LogP contribution in [0.3, 0.4) is 0 Å². The van der Waals surface area contributed by atoms with Crippen LogP contribution in [-0.4, -0.2) is 33.0 Å². The van der Waals surface area contributed by atoms with Crippen LogP contribution in [0.2, 0.25) is 0 Å². The number of nitro groups is 1.